The molecule has 30 heavy (non-hydrogen) atoms. The molecule has 0 unspecified atom stereocenters. The molecule has 1 saturated heterocycles. The molecule has 1 aliphatic heterocycles. The minimum Gasteiger partial charge on any atom is -0.466 e. The summed E-state index contributed by atoms with van der Waals surface area (Å²) in [5, 5.41) is 2.69. The Hall–Kier alpha value is -2.48. The highest BCUT2D eigenvalue weighted by molar-refractivity contribution is 5.95. The predicted molar refractivity (Wildman–Crippen MR) is 112 cm³/mol. The summed E-state index contributed by atoms with van der Waals surface area (Å²) in [6, 6.07) is 5.47. The number of anilines is 1. The minimum absolute atomic E-state index is 0.116. The summed E-state index contributed by atoms with van der Waals surface area (Å²) in [5.74, 6) is -1.37. The number of halogens is 1. The van der Waals surface area contributed by atoms with E-state index in [1.807, 2.05) is 25.7 Å². The van der Waals surface area contributed by atoms with E-state index >= 15 is 0 Å². The maximum Gasteiger partial charge on any atom is 0.310 e. The highest BCUT2D eigenvalue weighted by Crippen LogP contribution is 2.20. The summed E-state index contributed by atoms with van der Waals surface area (Å²) < 4.78 is 18.2. The fraction of sp³-hybridized carbons (Fsp3) is 0.591. The molecule has 2 amide bonds. The van der Waals surface area contributed by atoms with Gasteiger partial charge in [0.1, 0.15) is 12.4 Å². The number of hydrogen-bond acceptors (Lipinski definition) is 5. The maximum atomic E-state index is 13.0. The van der Waals surface area contributed by atoms with E-state index in [0.29, 0.717) is 18.8 Å². The zero-order chi connectivity index (χ0) is 22.3. The van der Waals surface area contributed by atoms with Gasteiger partial charge >= 0.3 is 5.97 Å². The molecule has 1 aromatic rings. The van der Waals surface area contributed by atoms with E-state index in [1.54, 1.807) is 6.92 Å². The molecule has 0 aliphatic carbocycles. The second kappa shape index (κ2) is 10.5. The van der Waals surface area contributed by atoms with Crippen molar-refractivity contribution < 1.29 is 23.5 Å². The lowest BCUT2D eigenvalue weighted by molar-refractivity contribution is -0.151. The molecule has 0 saturated carbocycles. The first kappa shape index (κ1) is 23.8. The maximum absolute atomic E-state index is 13.0. The lowest BCUT2D eigenvalue weighted by atomic mass is 9.98. The molecule has 0 radical (unpaired) electrons. The van der Waals surface area contributed by atoms with Crippen LogP contribution in [0, 0.1) is 11.7 Å². The molecule has 7 nitrogen and oxygen atoms in total. The van der Waals surface area contributed by atoms with E-state index in [1.165, 1.54) is 29.2 Å². The van der Waals surface area contributed by atoms with Crippen LogP contribution in [0.4, 0.5) is 10.1 Å². The summed E-state index contributed by atoms with van der Waals surface area (Å²) in [7, 11) is 0. The van der Waals surface area contributed by atoms with Crippen molar-refractivity contribution in [3.8, 4) is 0 Å². The van der Waals surface area contributed by atoms with Crippen LogP contribution in [0.15, 0.2) is 24.3 Å². The van der Waals surface area contributed by atoms with Crippen molar-refractivity contribution in [2.75, 3.05) is 38.1 Å². The van der Waals surface area contributed by atoms with Crippen LogP contribution in [-0.2, 0) is 19.1 Å². The van der Waals surface area contributed by atoms with Crippen LogP contribution < -0.4 is 5.32 Å². The van der Waals surface area contributed by atoms with Gasteiger partial charge in [0.25, 0.3) is 0 Å². The van der Waals surface area contributed by atoms with Crippen LogP contribution in [0.25, 0.3) is 0 Å². The van der Waals surface area contributed by atoms with E-state index < -0.39 is 5.54 Å². The Morgan fingerprint density at radius 2 is 1.90 bits per heavy atom. The molecule has 166 valence electrons. The third-order valence-electron chi connectivity index (χ3n) is 5.02. The minimum atomic E-state index is -0.562. The lowest BCUT2D eigenvalue weighted by Gasteiger charge is -2.38. The first-order valence-corrected chi connectivity index (χ1v) is 10.3. The number of carbonyl (C=O) groups excluding carboxylic acids is 3. The van der Waals surface area contributed by atoms with Crippen molar-refractivity contribution in [1.29, 1.82) is 0 Å². The van der Waals surface area contributed by atoms with Crippen LogP contribution in [0.5, 0.6) is 0 Å². The SMILES string of the molecule is CCOC(=O)[C@@H]1CCCN(CC(=O)N(CC(=O)Nc2ccc(F)cc2)C(C)(C)C)C1. The van der Waals surface area contributed by atoms with E-state index in [2.05, 4.69) is 5.32 Å². The van der Waals surface area contributed by atoms with E-state index in [-0.39, 0.29) is 42.6 Å². The number of hydrogen-bond donors (Lipinski definition) is 1. The number of esters is 1. The Kier molecular flexibility index (Phi) is 8.34. The number of ether oxygens (including phenoxy) is 1. The number of nitrogens with zero attached hydrogens (tertiary/aromatic N) is 2. The molecule has 1 heterocycles. The number of nitrogens with one attached hydrogen (secondary N) is 1. The molecule has 1 aromatic carbocycles. The van der Waals surface area contributed by atoms with Crippen LogP contribution in [-0.4, -0.2) is 65.9 Å². The third-order valence-corrected chi connectivity index (χ3v) is 5.02. The van der Waals surface area contributed by atoms with Crippen molar-refractivity contribution in [2.24, 2.45) is 5.92 Å². The number of rotatable bonds is 7. The fourth-order valence-electron chi connectivity index (χ4n) is 3.51. The summed E-state index contributed by atoms with van der Waals surface area (Å²) in [4.78, 5) is 41.0. The molecular weight excluding hydrogens is 389 g/mol. The van der Waals surface area contributed by atoms with Gasteiger partial charge in [-0.2, -0.15) is 0 Å². The van der Waals surface area contributed by atoms with Crippen molar-refractivity contribution in [3.05, 3.63) is 30.1 Å². The molecule has 1 N–H and O–H groups in total. The van der Waals surface area contributed by atoms with E-state index in [4.69, 9.17) is 4.74 Å². The average molecular weight is 422 g/mol. The summed E-state index contributed by atoms with van der Waals surface area (Å²) in [6.07, 6.45) is 1.57. The molecule has 0 spiro atoms. The van der Waals surface area contributed by atoms with Gasteiger partial charge < -0.3 is 15.0 Å². The molecule has 2 rings (SSSR count). The Bertz CT molecular complexity index is 746. The van der Waals surface area contributed by atoms with Gasteiger partial charge in [0.15, 0.2) is 0 Å². The molecule has 1 atom stereocenters. The molecular formula is C22H32FN3O4. The zero-order valence-corrected chi connectivity index (χ0v) is 18.2. The third kappa shape index (κ3) is 7.09. The van der Waals surface area contributed by atoms with Crippen LogP contribution in [0.1, 0.15) is 40.5 Å². The van der Waals surface area contributed by atoms with Crippen LogP contribution in [0.3, 0.4) is 0 Å². The average Bonchev–Trinajstić information content (AvgIpc) is 2.67. The van der Waals surface area contributed by atoms with Gasteiger partial charge in [-0.1, -0.05) is 0 Å². The normalized spacial score (nSPS) is 17.3. The molecule has 1 aliphatic rings. The molecule has 8 heteroatoms. The van der Waals surface area contributed by atoms with Gasteiger partial charge in [-0.3, -0.25) is 19.3 Å². The Morgan fingerprint density at radius 3 is 2.50 bits per heavy atom. The highest BCUT2D eigenvalue weighted by atomic mass is 19.1. The first-order chi connectivity index (χ1) is 14.1. The van der Waals surface area contributed by atoms with Gasteiger partial charge in [0.2, 0.25) is 11.8 Å². The van der Waals surface area contributed by atoms with Gasteiger partial charge in [-0.15, -0.1) is 0 Å². The lowest BCUT2D eigenvalue weighted by Crippen LogP contribution is -2.53. The van der Waals surface area contributed by atoms with Crippen LogP contribution >= 0.6 is 0 Å². The molecule has 0 aromatic heterocycles. The summed E-state index contributed by atoms with van der Waals surface area (Å²) >= 11 is 0. The van der Waals surface area contributed by atoms with Gasteiger partial charge in [0, 0.05) is 17.8 Å². The smallest absolute Gasteiger partial charge is 0.310 e. The van der Waals surface area contributed by atoms with Gasteiger partial charge in [-0.25, -0.2) is 4.39 Å². The van der Waals surface area contributed by atoms with E-state index in [9.17, 15) is 18.8 Å². The highest BCUT2D eigenvalue weighted by Gasteiger charge is 2.32. The number of piperidine rings is 1. The van der Waals surface area contributed by atoms with Crippen molar-refractivity contribution in [1.82, 2.24) is 9.80 Å². The van der Waals surface area contributed by atoms with E-state index in [0.717, 1.165) is 19.4 Å². The van der Waals surface area contributed by atoms with Crippen molar-refractivity contribution in [2.45, 2.75) is 46.1 Å². The summed E-state index contributed by atoms with van der Waals surface area (Å²) in [5.41, 5.74) is -0.0934. The molecule has 0 bridgehead atoms. The Balaban J connectivity index is 1.98. The first-order valence-electron chi connectivity index (χ1n) is 10.3. The van der Waals surface area contributed by atoms with Crippen molar-refractivity contribution in [3.63, 3.8) is 0 Å². The van der Waals surface area contributed by atoms with Gasteiger partial charge in [0.05, 0.1) is 19.1 Å². The largest absolute Gasteiger partial charge is 0.466 e. The summed E-state index contributed by atoms with van der Waals surface area (Å²) in [6.45, 7) is 8.95. The Morgan fingerprint density at radius 1 is 1.23 bits per heavy atom. The van der Waals surface area contributed by atoms with Gasteiger partial charge in [-0.05, 0) is 71.3 Å². The zero-order valence-electron chi connectivity index (χ0n) is 18.2. The Labute approximate surface area is 177 Å². The molecule has 1 fully saturated rings. The number of amides is 2. The van der Waals surface area contributed by atoms with Crippen LogP contribution in [0.2, 0.25) is 0 Å². The standard InChI is InChI=1S/C22H32FN3O4/c1-5-30-21(29)16-7-6-12-25(13-16)15-20(28)26(22(2,3)4)14-19(27)24-18-10-8-17(23)9-11-18/h8-11,16H,5-7,12-15H2,1-4H3,(H,24,27)/t16-/m1/s1. The quantitative estimate of drug-likeness (QED) is 0.685. The number of benzene rings is 1. The second-order valence-electron chi connectivity index (χ2n) is 8.53. The van der Waals surface area contributed by atoms with Crippen molar-refractivity contribution >= 4 is 23.5 Å². The monoisotopic (exact) mass is 421 g/mol. The fourth-order valence-corrected chi connectivity index (χ4v) is 3.51. The number of carbonyl (C=O) groups is 3. The predicted octanol–water partition coefficient (Wildman–Crippen LogP) is 2.67. The number of likely N-dealkylation sites (tertiary alicyclic amines) is 1. The topological polar surface area (TPSA) is 79.0 Å². The second-order valence-corrected chi connectivity index (χ2v) is 8.53.